The molecule has 0 aliphatic carbocycles. The van der Waals surface area contributed by atoms with Crippen molar-refractivity contribution in [3.8, 4) is 0 Å². The Morgan fingerprint density at radius 3 is 2.63 bits per heavy atom. The van der Waals surface area contributed by atoms with Crippen molar-refractivity contribution in [1.29, 1.82) is 0 Å². The molecule has 0 spiro atoms. The number of benzene rings is 1. The first-order valence-corrected chi connectivity index (χ1v) is 6.18. The smallest absolute Gasteiger partial charge is 0.189 e. The molecule has 0 radical (unpaired) electrons. The summed E-state index contributed by atoms with van der Waals surface area (Å²) >= 11 is 5.81. The maximum absolute atomic E-state index is 11.9. The van der Waals surface area contributed by atoms with E-state index in [1.54, 1.807) is 42.7 Å². The fourth-order valence-electron chi connectivity index (χ4n) is 1.59. The van der Waals surface area contributed by atoms with E-state index in [0.29, 0.717) is 10.6 Å². The molecule has 0 unspecified atom stereocenters. The Balaban J connectivity index is 2.07. The summed E-state index contributed by atoms with van der Waals surface area (Å²) in [5.41, 5.74) is 2.22. The first-order chi connectivity index (χ1) is 9.15. The quantitative estimate of drug-likeness (QED) is 0.677. The predicted molar refractivity (Wildman–Crippen MR) is 77.4 cm³/mol. The molecule has 0 aliphatic rings. The van der Waals surface area contributed by atoms with Gasteiger partial charge in [-0.2, -0.15) is 0 Å². The number of anilines is 1. The van der Waals surface area contributed by atoms with Crippen molar-refractivity contribution < 1.29 is 4.79 Å². The third kappa shape index (κ3) is 3.93. The number of carbonyl (C=O) groups excluding carboxylic acids is 1. The van der Waals surface area contributed by atoms with Gasteiger partial charge in [0.25, 0.3) is 0 Å². The second kappa shape index (κ2) is 6.16. The largest absolute Gasteiger partial charge is 0.359 e. The molecule has 1 heterocycles. The van der Waals surface area contributed by atoms with Crippen LogP contribution in [0.15, 0.2) is 60.6 Å². The van der Waals surface area contributed by atoms with Gasteiger partial charge in [-0.05, 0) is 43.3 Å². The zero-order valence-corrected chi connectivity index (χ0v) is 11.2. The number of pyridine rings is 1. The molecule has 2 rings (SSSR count). The molecular formula is C15H13ClN2O. The van der Waals surface area contributed by atoms with Crippen molar-refractivity contribution in [1.82, 2.24) is 4.98 Å². The minimum atomic E-state index is -0.0768. The van der Waals surface area contributed by atoms with E-state index in [1.807, 2.05) is 19.1 Å². The van der Waals surface area contributed by atoms with Gasteiger partial charge in [-0.25, -0.2) is 0 Å². The van der Waals surface area contributed by atoms with Gasteiger partial charge >= 0.3 is 0 Å². The lowest BCUT2D eigenvalue weighted by molar-refractivity contribution is 0.104. The van der Waals surface area contributed by atoms with Crippen LogP contribution in [0.4, 0.5) is 5.69 Å². The average Bonchev–Trinajstić information content (AvgIpc) is 2.42. The summed E-state index contributed by atoms with van der Waals surface area (Å²) in [7, 11) is 0. The molecule has 0 atom stereocenters. The van der Waals surface area contributed by atoms with Crippen molar-refractivity contribution in [2.24, 2.45) is 0 Å². The molecule has 19 heavy (non-hydrogen) atoms. The minimum absolute atomic E-state index is 0.0768. The van der Waals surface area contributed by atoms with Crippen LogP contribution in [-0.4, -0.2) is 10.8 Å². The lowest BCUT2D eigenvalue weighted by atomic mass is 10.1. The van der Waals surface area contributed by atoms with E-state index in [9.17, 15) is 4.79 Å². The summed E-state index contributed by atoms with van der Waals surface area (Å²) in [5.74, 6) is -0.0768. The number of allylic oxidation sites excluding steroid dienone is 2. The Morgan fingerprint density at radius 1 is 1.26 bits per heavy atom. The highest BCUT2D eigenvalue weighted by Gasteiger charge is 2.02. The van der Waals surface area contributed by atoms with Gasteiger partial charge in [0.1, 0.15) is 0 Å². The van der Waals surface area contributed by atoms with Crippen molar-refractivity contribution in [2.75, 3.05) is 5.32 Å². The van der Waals surface area contributed by atoms with E-state index < -0.39 is 0 Å². The van der Waals surface area contributed by atoms with E-state index in [1.165, 1.54) is 0 Å². The third-order valence-electron chi connectivity index (χ3n) is 2.48. The summed E-state index contributed by atoms with van der Waals surface area (Å²) < 4.78 is 0. The summed E-state index contributed by atoms with van der Waals surface area (Å²) in [4.78, 5) is 15.8. The fraction of sp³-hybridized carbons (Fsp3) is 0.0667. The van der Waals surface area contributed by atoms with E-state index >= 15 is 0 Å². The lowest BCUT2D eigenvalue weighted by Crippen LogP contribution is -2.01. The monoisotopic (exact) mass is 272 g/mol. The number of hydrogen-bond acceptors (Lipinski definition) is 3. The molecule has 1 aromatic heterocycles. The van der Waals surface area contributed by atoms with Crippen LogP contribution in [0.3, 0.4) is 0 Å². The first-order valence-electron chi connectivity index (χ1n) is 5.80. The van der Waals surface area contributed by atoms with Crippen LogP contribution in [0.2, 0.25) is 5.02 Å². The van der Waals surface area contributed by atoms with Crippen LogP contribution < -0.4 is 5.32 Å². The third-order valence-corrected chi connectivity index (χ3v) is 2.73. The summed E-state index contributed by atoms with van der Waals surface area (Å²) in [5, 5.41) is 3.81. The topological polar surface area (TPSA) is 42.0 Å². The molecule has 96 valence electrons. The van der Waals surface area contributed by atoms with Crippen LogP contribution in [0.1, 0.15) is 17.3 Å². The Morgan fingerprint density at radius 2 is 2.00 bits per heavy atom. The van der Waals surface area contributed by atoms with E-state index in [4.69, 9.17) is 11.6 Å². The molecule has 0 amide bonds. The van der Waals surface area contributed by atoms with Gasteiger partial charge < -0.3 is 5.32 Å². The van der Waals surface area contributed by atoms with Crippen LogP contribution >= 0.6 is 11.6 Å². The number of carbonyl (C=O) groups is 1. The van der Waals surface area contributed by atoms with Crippen molar-refractivity contribution in [2.45, 2.75) is 6.92 Å². The molecule has 3 nitrogen and oxygen atoms in total. The van der Waals surface area contributed by atoms with Crippen LogP contribution in [0, 0.1) is 0 Å². The van der Waals surface area contributed by atoms with Crippen LogP contribution in [0.25, 0.3) is 0 Å². The molecule has 1 N–H and O–H groups in total. The number of nitrogens with zero attached hydrogens (tertiary/aromatic N) is 1. The standard InChI is InChI=1S/C15H13ClN2O/c1-11(18-14-6-4-13(16)5-7-14)9-15(19)12-3-2-8-17-10-12/h2-10,18H,1H3/b11-9+. The fourth-order valence-corrected chi connectivity index (χ4v) is 1.71. The van der Waals surface area contributed by atoms with Crippen molar-refractivity contribution >= 4 is 23.1 Å². The normalized spacial score (nSPS) is 11.2. The maximum atomic E-state index is 11.9. The molecule has 1 aromatic carbocycles. The second-order valence-corrected chi connectivity index (χ2v) is 4.50. The molecule has 0 saturated carbocycles. The van der Waals surface area contributed by atoms with Crippen molar-refractivity contribution in [3.05, 3.63) is 71.2 Å². The van der Waals surface area contributed by atoms with Gasteiger partial charge in [-0.3, -0.25) is 9.78 Å². The highest BCUT2D eigenvalue weighted by atomic mass is 35.5. The van der Waals surface area contributed by atoms with Gasteiger partial charge in [0, 0.05) is 40.4 Å². The summed E-state index contributed by atoms with van der Waals surface area (Å²) in [6.45, 7) is 1.84. The molecule has 0 bridgehead atoms. The number of ketones is 1. The molecule has 0 fully saturated rings. The SMILES string of the molecule is C/C(=C\C(=O)c1cccnc1)Nc1ccc(Cl)cc1. The Hall–Kier alpha value is -2.13. The molecule has 2 aromatic rings. The number of halogens is 1. The zero-order valence-electron chi connectivity index (χ0n) is 10.4. The zero-order chi connectivity index (χ0) is 13.7. The molecular weight excluding hydrogens is 260 g/mol. The van der Waals surface area contributed by atoms with E-state index in [0.717, 1.165) is 11.4 Å². The van der Waals surface area contributed by atoms with E-state index in [2.05, 4.69) is 10.3 Å². The van der Waals surface area contributed by atoms with Crippen LogP contribution in [0.5, 0.6) is 0 Å². The van der Waals surface area contributed by atoms with Gasteiger partial charge in [-0.1, -0.05) is 11.6 Å². The highest BCUT2D eigenvalue weighted by Crippen LogP contribution is 2.15. The van der Waals surface area contributed by atoms with Gasteiger partial charge in [0.05, 0.1) is 0 Å². The summed E-state index contributed by atoms with van der Waals surface area (Å²) in [6.07, 6.45) is 4.74. The lowest BCUT2D eigenvalue weighted by Gasteiger charge is -2.06. The van der Waals surface area contributed by atoms with Gasteiger partial charge in [0.15, 0.2) is 5.78 Å². The Bertz CT molecular complexity index is 591. The number of rotatable bonds is 4. The molecule has 0 aliphatic heterocycles. The molecule has 4 heteroatoms. The van der Waals surface area contributed by atoms with Gasteiger partial charge in [0.2, 0.25) is 0 Å². The number of aromatic nitrogens is 1. The Kier molecular flexibility index (Phi) is 4.31. The number of nitrogens with one attached hydrogen (secondary N) is 1. The first kappa shape index (κ1) is 13.3. The maximum Gasteiger partial charge on any atom is 0.189 e. The summed E-state index contributed by atoms with van der Waals surface area (Å²) in [6, 6.07) is 10.8. The molecule has 0 saturated heterocycles. The van der Waals surface area contributed by atoms with E-state index in [-0.39, 0.29) is 5.78 Å². The number of hydrogen-bond donors (Lipinski definition) is 1. The predicted octanol–water partition coefficient (Wildman–Crippen LogP) is 3.93. The Labute approximate surface area is 116 Å². The minimum Gasteiger partial charge on any atom is -0.359 e. The average molecular weight is 273 g/mol. The highest BCUT2D eigenvalue weighted by molar-refractivity contribution is 6.30. The van der Waals surface area contributed by atoms with Crippen molar-refractivity contribution in [3.63, 3.8) is 0 Å². The van der Waals surface area contributed by atoms with Crippen LogP contribution in [-0.2, 0) is 0 Å². The van der Waals surface area contributed by atoms with Gasteiger partial charge in [-0.15, -0.1) is 0 Å². The second-order valence-electron chi connectivity index (χ2n) is 4.07.